The van der Waals surface area contributed by atoms with E-state index in [-0.39, 0.29) is 42.0 Å². The summed E-state index contributed by atoms with van der Waals surface area (Å²) in [6.45, 7) is 7.82. The molecule has 1 N–H and O–H groups in total. The number of fused-ring (bicyclic) bond motifs is 4. The van der Waals surface area contributed by atoms with Crippen molar-refractivity contribution >= 4 is 5.97 Å². The molecule has 0 fully saturated rings. The van der Waals surface area contributed by atoms with E-state index in [0.29, 0.717) is 46.1 Å². The first kappa shape index (κ1) is 23.9. The van der Waals surface area contributed by atoms with Gasteiger partial charge in [-0.2, -0.15) is 0 Å². The molecule has 0 radical (unpaired) electrons. The van der Waals surface area contributed by atoms with Crippen LogP contribution in [0.5, 0.6) is 34.5 Å². The second-order valence-corrected chi connectivity index (χ2v) is 9.16. The van der Waals surface area contributed by atoms with E-state index in [1.54, 1.807) is 13.8 Å². The molecule has 3 unspecified atom stereocenters. The predicted octanol–water partition coefficient (Wildman–Crippen LogP) is 4.88. The van der Waals surface area contributed by atoms with E-state index in [1.165, 1.54) is 21.3 Å². The van der Waals surface area contributed by atoms with Crippen molar-refractivity contribution in [1.82, 2.24) is 0 Å². The molecule has 0 aromatic heterocycles. The van der Waals surface area contributed by atoms with Crippen LogP contribution >= 0.6 is 0 Å². The first-order chi connectivity index (χ1) is 16.2. The van der Waals surface area contributed by atoms with Crippen LogP contribution in [0, 0.1) is 17.8 Å². The molecule has 2 aromatic rings. The lowest BCUT2D eigenvalue weighted by Gasteiger charge is -2.35. The lowest BCUT2D eigenvalue weighted by molar-refractivity contribution is -0.157. The fourth-order valence-electron chi connectivity index (χ4n) is 4.72. The number of phenols is 1. The molecule has 1 aliphatic carbocycles. The number of methoxy groups -OCH3 is 3. The monoisotopic (exact) mass is 472 g/mol. The summed E-state index contributed by atoms with van der Waals surface area (Å²) in [7, 11) is 4.55. The van der Waals surface area contributed by atoms with E-state index in [9.17, 15) is 9.90 Å². The normalized spacial score (nSPS) is 20.6. The average molecular weight is 473 g/mol. The van der Waals surface area contributed by atoms with Gasteiger partial charge in [0.15, 0.2) is 23.0 Å². The minimum absolute atomic E-state index is 0.0434. The largest absolute Gasteiger partial charge is 0.504 e. The van der Waals surface area contributed by atoms with Crippen LogP contribution in [-0.2, 0) is 16.0 Å². The van der Waals surface area contributed by atoms with Gasteiger partial charge in [-0.1, -0.05) is 27.7 Å². The van der Waals surface area contributed by atoms with Gasteiger partial charge in [-0.25, -0.2) is 0 Å². The predicted molar refractivity (Wildman–Crippen MR) is 125 cm³/mol. The molecule has 0 amide bonds. The molecule has 2 aliphatic rings. The van der Waals surface area contributed by atoms with Gasteiger partial charge in [0.2, 0.25) is 18.3 Å². The number of ether oxygens (including phenoxy) is 6. The Bertz CT molecular complexity index is 1110. The highest BCUT2D eigenvalue weighted by Gasteiger charge is 2.39. The average Bonchev–Trinajstić information content (AvgIpc) is 3.28. The van der Waals surface area contributed by atoms with Crippen molar-refractivity contribution in [3.05, 3.63) is 23.3 Å². The Hall–Kier alpha value is -3.29. The highest BCUT2D eigenvalue weighted by molar-refractivity contribution is 5.88. The van der Waals surface area contributed by atoms with Crippen LogP contribution in [0.4, 0.5) is 0 Å². The molecule has 2 aromatic carbocycles. The second-order valence-electron chi connectivity index (χ2n) is 9.16. The zero-order chi connectivity index (χ0) is 24.7. The number of hydrogen-bond acceptors (Lipinski definition) is 8. The van der Waals surface area contributed by atoms with E-state index in [0.717, 1.165) is 5.56 Å². The number of carbonyl (C=O) groups excluding carboxylic acids is 1. The quantitative estimate of drug-likeness (QED) is 0.616. The van der Waals surface area contributed by atoms with Gasteiger partial charge in [0.25, 0.3) is 0 Å². The van der Waals surface area contributed by atoms with Crippen LogP contribution in [-0.4, -0.2) is 39.2 Å². The number of benzene rings is 2. The topological polar surface area (TPSA) is 92.7 Å². The highest BCUT2D eigenvalue weighted by atomic mass is 16.7. The molecule has 1 heterocycles. The smallest absolute Gasteiger partial charge is 0.308 e. The third-order valence-electron chi connectivity index (χ3n) is 6.77. The SMILES string of the molecule is COc1cc2c(c(O)c1OC)-c1c(cc3c(c1OC)OCO3)C(OC(=O)C(C)C)C(C)C(C)C2. The van der Waals surface area contributed by atoms with Crippen molar-refractivity contribution in [3.8, 4) is 45.6 Å². The van der Waals surface area contributed by atoms with Gasteiger partial charge >= 0.3 is 5.97 Å². The minimum Gasteiger partial charge on any atom is -0.504 e. The Morgan fingerprint density at radius 1 is 1.03 bits per heavy atom. The van der Waals surface area contributed by atoms with Crippen molar-refractivity contribution in [3.63, 3.8) is 0 Å². The molecular formula is C26H32O8. The van der Waals surface area contributed by atoms with Crippen molar-refractivity contribution < 1.29 is 38.3 Å². The maximum Gasteiger partial charge on any atom is 0.308 e. The Labute approximate surface area is 199 Å². The number of esters is 1. The van der Waals surface area contributed by atoms with Crippen molar-refractivity contribution in [1.29, 1.82) is 0 Å². The van der Waals surface area contributed by atoms with E-state index in [4.69, 9.17) is 28.4 Å². The molecule has 4 rings (SSSR count). The molecule has 3 atom stereocenters. The van der Waals surface area contributed by atoms with Crippen LogP contribution in [0.25, 0.3) is 11.1 Å². The number of aromatic hydroxyl groups is 1. The standard InChI is InChI=1S/C26H32O8/c1-12(2)26(28)34-22-14(4)13(3)8-15-9-17(29-5)23(30-6)21(27)19(15)20-16(22)10-18-24(25(20)31-7)33-11-32-18/h9-10,12-14,22,27H,8,11H2,1-7H3. The lowest BCUT2D eigenvalue weighted by atomic mass is 9.76. The van der Waals surface area contributed by atoms with Crippen LogP contribution in [0.15, 0.2) is 12.1 Å². The molecule has 34 heavy (non-hydrogen) atoms. The zero-order valence-corrected chi connectivity index (χ0v) is 20.7. The van der Waals surface area contributed by atoms with E-state index >= 15 is 0 Å². The molecule has 0 bridgehead atoms. The van der Waals surface area contributed by atoms with Gasteiger partial charge in [-0.15, -0.1) is 0 Å². The molecule has 0 saturated heterocycles. The Kier molecular flexibility index (Phi) is 6.43. The van der Waals surface area contributed by atoms with E-state index in [1.807, 2.05) is 12.1 Å². The van der Waals surface area contributed by atoms with Crippen LogP contribution in [0.1, 0.15) is 44.9 Å². The summed E-state index contributed by atoms with van der Waals surface area (Å²) in [6, 6.07) is 3.71. The van der Waals surface area contributed by atoms with E-state index < -0.39 is 6.10 Å². The van der Waals surface area contributed by atoms with Crippen molar-refractivity contribution in [2.24, 2.45) is 17.8 Å². The summed E-state index contributed by atoms with van der Waals surface area (Å²) in [6.07, 6.45) is 0.0147. The molecular weight excluding hydrogens is 440 g/mol. The maximum absolute atomic E-state index is 12.8. The second kappa shape index (κ2) is 9.16. The van der Waals surface area contributed by atoms with Crippen molar-refractivity contribution in [2.75, 3.05) is 28.1 Å². The highest BCUT2D eigenvalue weighted by Crippen LogP contribution is 2.58. The van der Waals surface area contributed by atoms with Crippen LogP contribution in [0.3, 0.4) is 0 Å². The Morgan fingerprint density at radius 3 is 2.35 bits per heavy atom. The van der Waals surface area contributed by atoms with Crippen LogP contribution in [0.2, 0.25) is 0 Å². The molecule has 8 heteroatoms. The van der Waals surface area contributed by atoms with Crippen molar-refractivity contribution in [2.45, 2.75) is 40.2 Å². The summed E-state index contributed by atoms with van der Waals surface area (Å²) < 4.78 is 34.3. The van der Waals surface area contributed by atoms with E-state index in [2.05, 4.69) is 13.8 Å². The summed E-state index contributed by atoms with van der Waals surface area (Å²) in [5, 5.41) is 11.4. The molecule has 0 saturated carbocycles. The third-order valence-corrected chi connectivity index (χ3v) is 6.77. The third kappa shape index (κ3) is 3.75. The molecule has 184 valence electrons. The fraction of sp³-hybridized carbons (Fsp3) is 0.500. The van der Waals surface area contributed by atoms with Gasteiger partial charge in [0.05, 0.1) is 27.2 Å². The number of phenolic OH excluding ortho intramolecular Hbond substituents is 1. The number of hydrogen-bond donors (Lipinski definition) is 1. The first-order valence-corrected chi connectivity index (χ1v) is 11.4. The Balaban J connectivity index is 2.10. The molecule has 8 nitrogen and oxygen atoms in total. The van der Waals surface area contributed by atoms with Gasteiger partial charge in [-0.05, 0) is 30.0 Å². The number of rotatable bonds is 5. The van der Waals surface area contributed by atoms with Gasteiger partial charge in [0.1, 0.15) is 6.10 Å². The van der Waals surface area contributed by atoms with Gasteiger partial charge in [-0.3, -0.25) is 4.79 Å². The molecule has 0 spiro atoms. The summed E-state index contributed by atoms with van der Waals surface area (Å²) >= 11 is 0. The lowest BCUT2D eigenvalue weighted by Crippen LogP contribution is -2.27. The van der Waals surface area contributed by atoms with Gasteiger partial charge in [0, 0.05) is 22.6 Å². The number of carbonyl (C=O) groups is 1. The Morgan fingerprint density at radius 2 is 1.74 bits per heavy atom. The summed E-state index contributed by atoms with van der Waals surface area (Å²) in [5.41, 5.74) is 2.66. The van der Waals surface area contributed by atoms with Gasteiger partial charge < -0.3 is 33.5 Å². The first-order valence-electron chi connectivity index (χ1n) is 11.4. The summed E-state index contributed by atoms with van der Waals surface area (Å²) in [5.74, 6) is 1.38. The zero-order valence-electron chi connectivity index (χ0n) is 20.7. The minimum atomic E-state index is -0.594. The maximum atomic E-state index is 12.8. The fourth-order valence-corrected chi connectivity index (χ4v) is 4.72. The molecule has 1 aliphatic heterocycles. The van der Waals surface area contributed by atoms with Crippen LogP contribution < -0.4 is 23.7 Å². The summed E-state index contributed by atoms with van der Waals surface area (Å²) in [4.78, 5) is 12.8.